The zero-order chi connectivity index (χ0) is 17.8. The van der Waals surface area contributed by atoms with Gasteiger partial charge in [-0.3, -0.25) is 0 Å². The molecule has 0 bridgehead atoms. The molecule has 132 valence electrons. The molecule has 2 aromatic carbocycles. The number of anilines is 1. The van der Waals surface area contributed by atoms with Crippen molar-refractivity contribution in [2.24, 2.45) is 0 Å². The van der Waals surface area contributed by atoms with E-state index in [0.717, 1.165) is 24.3 Å². The number of nitrogens with zero attached hydrogens (tertiary/aromatic N) is 2. The molecular weight excluding hydrogens is 357 g/mol. The van der Waals surface area contributed by atoms with Crippen molar-refractivity contribution in [1.82, 2.24) is 10.2 Å². The van der Waals surface area contributed by atoms with Gasteiger partial charge < -0.3 is 15.1 Å². The van der Waals surface area contributed by atoms with Gasteiger partial charge in [0.1, 0.15) is 0 Å². The monoisotopic (exact) mass is 377 g/mol. The Morgan fingerprint density at radius 3 is 2.40 bits per heavy atom. The van der Waals surface area contributed by atoms with Gasteiger partial charge in [0.15, 0.2) is 0 Å². The van der Waals surface area contributed by atoms with Gasteiger partial charge in [-0.25, -0.2) is 4.79 Å². The van der Waals surface area contributed by atoms with Crippen LogP contribution in [0.4, 0.5) is 10.5 Å². The lowest BCUT2D eigenvalue weighted by molar-refractivity contribution is 0.191. The largest absolute Gasteiger partial charge is 0.367 e. The SMILES string of the molecule is CC(NC(=O)N1CCN(c2cc(Cl)ccc2Cl)CC1)c1ccccc1. The molecule has 0 radical (unpaired) electrons. The predicted molar refractivity (Wildman–Crippen MR) is 104 cm³/mol. The highest BCUT2D eigenvalue weighted by Crippen LogP contribution is 2.29. The Morgan fingerprint density at radius 1 is 1.04 bits per heavy atom. The van der Waals surface area contributed by atoms with Gasteiger partial charge in [0.05, 0.1) is 16.8 Å². The Labute approximate surface area is 158 Å². The highest BCUT2D eigenvalue weighted by Gasteiger charge is 2.23. The van der Waals surface area contributed by atoms with Gasteiger partial charge in [-0.1, -0.05) is 53.5 Å². The van der Waals surface area contributed by atoms with Crippen molar-refractivity contribution < 1.29 is 4.79 Å². The number of hydrogen-bond donors (Lipinski definition) is 1. The Morgan fingerprint density at radius 2 is 1.72 bits per heavy atom. The summed E-state index contributed by atoms with van der Waals surface area (Å²) < 4.78 is 0. The van der Waals surface area contributed by atoms with Crippen LogP contribution in [-0.4, -0.2) is 37.1 Å². The average Bonchev–Trinajstić information content (AvgIpc) is 2.64. The number of halogens is 2. The molecule has 1 aliphatic rings. The lowest BCUT2D eigenvalue weighted by Gasteiger charge is -2.37. The molecule has 1 aliphatic heterocycles. The van der Waals surface area contributed by atoms with Crippen LogP contribution < -0.4 is 10.2 Å². The third-order valence-corrected chi connectivity index (χ3v) is 5.01. The van der Waals surface area contributed by atoms with Gasteiger partial charge in [-0.15, -0.1) is 0 Å². The summed E-state index contributed by atoms with van der Waals surface area (Å²) in [5.41, 5.74) is 2.02. The highest BCUT2D eigenvalue weighted by atomic mass is 35.5. The number of rotatable bonds is 3. The standard InChI is InChI=1S/C19H21Cl2N3O/c1-14(15-5-3-2-4-6-15)22-19(25)24-11-9-23(10-12-24)18-13-16(20)7-8-17(18)21/h2-8,13-14H,9-12H2,1H3,(H,22,25). The quantitative estimate of drug-likeness (QED) is 0.848. The van der Waals surface area contributed by atoms with Crippen LogP contribution in [0.5, 0.6) is 0 Å². The number of carbonyl (C=O) groups is 1. The lowest BCUT2D eigenvalue weighted by Crippen LogP contribution is -2.52. The van der Waals surface area contributed by atoms with Gasteiger partial charge in [0.25, 0.3) is 0 Å². The molecule has 1 heterocycles. The third-order valence-electron chi connectivity index (χ3n) is 4.46. The second-order valence-electron chi connectivity index (χ2n) is 6.15. The molecule has 1 unspecified atom stereocenters. The first-order valence-corrected chi connectivity index (χ1v) is 9.10. The molecule has 1 atom stereocenters. The normalized spacial score (nSPS) is 15.8. The van der Waals surface area contributed by atoms with Crippen molar-refractivity contribution in [1.29, 1.82) is 0 Å². The van der Waals surface area contributed by atoms with Crippen molar-refractivity contribution >= 4 is 34.9 Å². The number of nitrogens with one attached hydrogen (secondary N) is 1. The van der Waals surface area contributed by atoms with E-state index in [4.69, 9.17) is 23.2 Å². The summed E-state index contributed by atoms with van der Waals surface area (Å²) in [4.78, 5) is 16.5. The maximum Gasteiger partial charge on any atom is 0.317 e. The molecular formula is C19H21Cl2N3O. The van der Waals surface area contributed by atoms with Gasteiger partial charge in [-0.2, -0.15) is 0 Å². The predicted octanol–water partition coefficient (Wildman–Crippen LogP) is 4.59. The Hall–Kier alpha value is -1.91. The van der Waals surface area contributed by atoms with Crippen LogP contribution in [0, 0.1) is 0 Å². The van der Waals surface area contributed by atoms with E-state index in [-0.39, 0.29) is 12.1 Å². The molecule has 0 saturated carbocycles. The molecule has 0 spiro atoms. The van der Waals surface area contributed by atoms with Crippen molar-refractivity contribution in [2.75, 3.05) is 31.1 Å². The van der Waals surface area contributed by atoms with Gasteiger partial charge >= 0.3 is 6.03 Å². The number of amides is 2. The number of hydrogen-bond acceptors (Lipinski definition) is 2. The van der Waals surface area contributed by atoms with Gasteiger partial charge in [0.2, 0.25) is 0 Å². The van der Waals surface area contributed by atoms with Crippen LogP contribution in [0.25, 0.3) is 0 Å². The average molecular weight is 378 g/mol. The van der Waals surface area contributed by atoms with Crippen LogP contribution in [0.2, 0.25) is 10.0 Å². The van der Waals surface area contributed by atoms with E-state index in [2.05, 4.69) is 10.2 Å². The minimum absolute atomic E-state index is 0.0193. The zero-order valence-electron chi connectivity index (χ0n) is 14.1. The van der Waals surface area contributed by atoms with E-state index >= 15 is 0 Å². The minimum Gasteiger partial charge on any atom is -0.367 e. The fourth-order valence-electron chi connectivity index (χ4n) is 2.98. The first-order valence-electron chi connectivity index (χ1n) is 8.35. The second kappa shape index (κ2) is 7.98. The van der Waals surface area contributed by atoms with Crippen molar-refractivity contribution in [3.05, 3.63) is 64.1 Å². The molecule has 2 amide bonds. The molecule has 3 rings (SSSR count). The topological polar surface area (TPSA) is 35.6 Å². The number of carbonyl (C=O) groups excluding carboxylic acids is 1. The minimum atomic E-state index is -0.0341. The summed E-state index contributed by atoms with van der Waals surface area (Å²) in [5, 5.41) is 4.41. The van der Waals surface area contributed by atoms with Crippen molar-refractivity contribution in [2.45, 2.75) is 13.0 Å². The van der Waals surface area contributed by atoms with Crippen LogP contribution >= 0.6 is 23.2 Å². The van der Waals surface area contributed by atoms with E-state index in [0.29, 0.717) is 23.1 Å². The Kier molecular flexibility index (Phi) is 5.71. The van der Waals surface area contributed by atoms with Gasteiger partial charge in [0, 0.05) is 31.2 Å². The molecule has 1 N–H and O–H groups in total. The van der Waals surface area contributed by atoms with Crippen LogP contribution in [0.3, 0.4) is 0 Å². The molecule has 6 heteroatoms. The molecule has 1 saturated heterocycles. The fourth-order valence-corrected chi connectivity index (χ4v) is 3.38. The Bertz CT molecular complexity index is 731. The highest BCUT2D eigenvalue weighted by molar-refractivity contribution is 6.35. The van der Waals surface area contributed by atoms with Gasteiger partial charge in [-0.05, 0) is 30.7 Å². The summed E-state index contributed by atoms with van der Waals surface area (Å²) in [6.45, 7) is 4.75. The molecule has 4 nitrogen and oxygen atoms in total. The summed E-state index contributed by atoms with van der Waals surface area (Å²) in [6, 6.07) is 15.4. The zero-order valence-corrected chi connectivity index (χ0v) is 15.6. The maximum atomic E-state index is 12.5. The lowest BCUT2D eigenvalue weighted by atomic mass is 10.1. The Balaban J connectivity index is 1.57. The second-order valence-corrected chi connectivity index (χ2v) is 7.00. The van der Waals surface area contributed by atoms with E-state index in [1.807, 2.05) is 48.2 Å². The van der Waals surface area contributed by atoms with E-state index < -0.39 is 0 Å². The molecule has 0 aliphatic carbocycles. The number of benzene rings is 2. The summed E-state index contributed by atoms with van der Waals surface area (Å²) in [5.74, 6) is 0. The summed E-state index contributed by atoms with van der Waals surface area (Å²) >= 11 is 12.3. The molecule has 1 fully saturated rings. The van der Waals surface area contributed by atoms with Crippen molar-refractivity contribution in [3.8, 4) is 0 Å². The van der Waals surface area contributed by atoms with Crippen LogP contribution in [0.1, 0.15) is 18.5 Å². The van der Waals surface area contributed by atoms with E-state index in [1.54, 1.807) is 12.1 Å². The maximum absolute atomic E-state index is 12.5. The van der Waals surface area contributed by atoms with Crippen LogP contribution in [-0.2, 0) is 0 Å². The van der Waals surface area contributed by atoms with Crippen LogP contribution in [0.15, 0.2) is 48.5 Å². The first kappa shape index (κ1) is 17.9. The molecule has 0 aromatic heterocycles. The summed E-state index contributed by atoms with van der Waals surface area (Å²) in [6.07, 6.45) is 0. The fraction of sp³-hybridized carbons (Fsp3) is 0.316. The third kappa shape index (κ3) is 4.39. The smallest absolute Gasteiger partial charge is 0.317 e. The van der Waals surface area contributed by atoms with E-state index in [1.165, 1.54) is 0 Å². The number of urea groups is 1. The first-order chi connectivity index (χ1) is 12.0. The summed E-state index contributed by atoms with van der Waals surface area (Å²) in [7, 11) is 0. The molecule has 2 aromatic rings. The molecule has 25 heavy (non-hydrogen) atoms. The number of piperazine rings is 1. The van der Waals surface area contributed by atoms with E-state index in [9.17, 15) is 4.79 Å². The van der Waals surface area contributed by atoms with Crippen molar-refractivity contribution in [3.63, 3.8) is 0 Å².